The van der Waals surface area contributed by atoms with Crippen LogP contribution in [-0.4, -0.2) is 19.1 Å². The highest BCUT2D eigenvalue weighted by Crippen LogP contribution is 2.22. The highest BCUT2D eigenvalue weighted by Gasteiger charge is 2.11. The molecule has 1 rings (SSSR count). The van der Waals surface area contributed by atoms with Crippen LogP contribution in [0, 0.1) is 5.82 Å². The van der Waals surface area contributed by atoms with Gasteiger partial charge in [-0.1, -0.05) is 0 Å². The largest absolute Gasteiger partial charge is 0.481 e. The summed E-state index contributed by atoms with van der Waals surface area (Å²) in [5, 5.41) is 3.00. The Morgan fingerprint density at radius 1 is 1.62 bits per heavy atom. The second-order valence-corrected chi connectivity index (χ2v) is 2.76. The number of hydrogen-bond donors (Lipinski definition) is 1. The maximum Gasteiger partial charge on any atom is 0.218 e. The standard InChI is InChI=1S/C9H13FN2O/c1-6(11-2)8-4-7(10)5-12-9(8)13-3/h4-6,11H,1-3H3/t6-/m1/s1. The molecule has 0 aromatic carbocycles. The molecule has 3 nitrogen and oxygen atoms in total. The summed E-state index contributed by atoms with van der Waals surface area (Å²) in [5.41, 5.74) is 0.727. The van der Waals surface area contributed by atoms with E-state index in [0.717, 1.165) is 11.8 Å². The molecular formula is C9H13FN2O. The van der Waals surface area contributed by atoms with Crippen molar-refractivity contribution < 1.29 is 9.13 Å². The van der Waals surface area contributed by atoms with E-state index in [-0.39, 0.29) is 11.9 Å². The summed E-state index contributed by atoms with van der Waals surface area (Å²) in [6, 6.07) is 1.45. The molecule has 1 N–H and O–H groups in total. The van der Waals surface area contributed by atoms with Crippen molar-refractivity contribution in [2.75, 3.05) is 14.2 Å². The zero-order valence-electron chi connectivity index (χ0n) is 7.97. The molecule has 0 saturated carbocycles. The molecule has 0 unspecified atom stereocenters. The molecule has 0 saturated heterocycles. The van der Waals surface area contributed by atoms with Crippen molar-refractivity contribution >= 4 is 0 Å². The number of ether oxygens (including phenoxy) is 1. The van der Waals surface area contributed by atoms with Crippen LogP contribution in [0.3, 0.4) is 0 Å². The predicted molar refractivity (Wildman–Crippen MR) is 48.2 cm³/mol. The first kappa shape index (κ1) is 9.92. The minimum absolute atomic E-state index is 0.0261. The van der Waals surface area contributed by atoms with Crippen molar-refractivity contribution in [3.8, 4) is 5.88 Å². The fourth-order valence-electron chi connectivity index (χ4n) is 1.08. The van der Waals surface area contributed by atoms with Gasteiger partial charge in [-0.3, -0.25) is 0 Å². The van der Waals surface area contributed by atoms with E-state index in [9.17, 15) is 4.39 Å². The van der Waals surface area contributed by atoms with Crippen molar-refractivity contribution in [2.24, 2.45) is 0 Å². The molecule has 0 amide bonds. The molecule has 0 spiro atoms. The number of pyridine rings is 1. The summed E-state index contributed by atoms with van der Waals surface area (Å²) in [5.74, 6) is 0.112. The van der Waals surface area contributed by atoms with Crippen LogP contribution in [-0.2, 0) is 0 Å². The third-order valence-electron chi connectivity index (χ3n) is 1.94. The Morgan fingerprint density at radius 2 is 2.31 bits per heavy atom. The van der Waals surface area contributed by atoms with Gasteiger partial charge in [0.25, 0.3) is 0 Å². The number of nitrogens with one attached hydrogen (secondary N) is 1. The van der Waals surface area contributed by atoms with Crippen LogP contribution in [0.15, 0.2) is 12.3 Å². The van der Waals surface area contributed by atoms with Gasteiger partial charge in [0.1, 0.15) is 5.82 Å². The molecule has 0 radical (unpaired) electrons. The molecule has 1 aromatic rings. The number of rotatable bonds is 3. The van der Waals surface area contributed by atoms with E-state index >= 15 is 0 Å². The van der Waals surface area contributed by atoms with E-state index in [1.165, 1.54) is 13.2 Å². The Balaban J connectivity index is 3.07. The monoisotopic (exact) mass is 184 g/mol. The lowest BCUT2D eigenvalue weighted by Gasteiger charge is -2.13. The first-order chi connectivity index (χ1) is 6.19. The van der Waals surface area contributed by atoms with E-state index < -0.39 is 0 Å². The fourth-order valence-corrected chi connectivity index (χ4v) is 1.08. The van der Waals surface area contributed by atoms with Gasteiger partial charge in [-0.25, -0.2) is 9.37 Å². The van der Waals surface area contributed by atoms with Gasteiger partial charge in [0, 0.05) is 11.6 Å². The second-order valence-electron chi connectivity index (χ2n) is 2.76. The zero-order chi connectivity index (χ0) is 9.84. The summed E-state index contributed by atoms with van der Waals surface area (Å²) in [6.07, 6.45) is 1.14. The van der Waals surface area contributed by atoms with Crippen molar-refractivity contribution in [1.82, 2.24) is 10.3 Å². The van der Waals surface area contributed by atoms with Crippen molar-refractivity contribution in [3.05, 3.63) is 23.6 Å². The molecule has 0 aliphatic carbocycles. The second kappa shape index (κ2) is 4.18. The number of halogens is 1. The van der Waals surface area contributed by atoms with E-state index in [4.69, 9.17) is 4.74 Å². The van der Waals surface area contributed by atoms with Gasteiger partial charge in [-0.15, -0.1) is 0 Å². The lowest BCUT2D eigenvalue weighted by molar-refractivity contribution is 0.384. The van der Waals surface area contributed by atoms with Gasteiger partial charge in [0.15, 0.2) is 0 Å². The molecule has 0 bridgehead atoms. The normalized spacial score (nSPS) is 12.6. The number of aromatic nitrogens is 1. The van der Waals surface area contributed by atoms with Gasteiger partial charge < -0.3 is 10.1 Å². The van der Waals surface area contributed by atoms with Gasteiger partial charge in [0.05, 0.1) is 13.3 Å². The molecule has 1 atom stereocenters. The summed E-state index contributed by atoms with van der Waals surface area (Å²) in [6.45, 7) is 1.92. The van der Waals surface area contributed by atoms with E-state index in [0.29, 0.717) is 5.88 Å². The third-order valence-corrected chi connectivity index (χ3v) is 1.94. The van der Waals surface area contributed by atoms with Crippen molar-refractivity contribution in [1.29, 1.82) is 0 Å². The van der Waals surface area contributed by atoms with Crippen LogP contribution in [0.2, 0.25) is 0 Å². The first-order valence-electron chi connectivity index (χ1n) is 4.05. The lowest BCUT2D eigenvalue weighted by atomic mass is 10.1. The van der Waals surface area contributed by atoms with Crippen LogP contribution >= 0.6 is 0 Å². The van der Waals surface area contributed by atoms with E-state index in [1.54, 1.807) is 7.05 Å². The fraction of sp³-hybridized carbons (Fsp3) is 0.444. The molecular weight excluding hydrogens is 171 g/mol. The highest BCUT2D eigenvalue weighted by molar-refractivity contribution is 5.28. The van der Waals surface area contributed by atoms with Gasteiger partial charge in [-0.05, 0) is 20.0 Å². The number of hydrogen-bond acceptors (Lipinski definition) is 3. The summed E-state index contributed by atoms with van der Waals surface area (Å²) < 4.78 is 17.8. The molecule has 4 heteroatoms. The SMILES string of the molecule is CN[C@H](C)c1cc(F)cnc1OC. The topological polar surface area (TPSA) is 34.2 Å². The molecule has 13 heavy (non-hydrogen) atoms. The first-order valence-corrected chi connectivity index (χ1v) is 4.05. The van der Waals surface area contributed by atoms with Gasteiger partial charge in [0.2, 0.25) is 5.88 Å². The van der Waals surface area contributed by atoms with Crippen LogP contribution in [0.4, 0.5) is 4.39 Å². The Hall–Kier alpha value is -1.16. The maximum absolute atomic E-state index is 12.8. The predicted octanol–water partition coefficient (Wildman–Crippen LogP) is 1.51. The van der Waals surface area contributed by atoms with Crippen LogP contribution in [0.1, 0.15) is 18.5 Å². The minimum atomic E-state index is -0.349. The lowest BCUT2D eigenvalue weighted by Crippen LogP contribution is -2.14. The number of nitrogens with zero attached hydrogens (tertiary/aromatic N) is 1. The molecule has 0 fully saturated rings. The highest BCUT2D eigenvalue weighted by atomic mass is 19.1. The molecule has 1 heterocycles. The molecule has 0 aliphatic heterocycles. The smallest absolute Gasteiger partial charge is 0.218 e. The quantitative estimate of drug-likeness (QED) is 0.773. The summed E-state index contributed by atoms with van der Waals surface area (Å²) in [7, 11) is 3.32. The van der Waals surface area contributed by atoms with Gasteiger partial charge in [-0.2, -0.15) is 0 Å². The Labute approximate surface area is 76.9 Å². The summed E-state index contributed by atoms with van der Waals surface area (Å²) in [4.78, 5) is 3.83. The van der Waals surface area contributed by atoms with E-state index in [1.807, 2.05) is 6.92 Å². The molecule has 1 aromatic heterocycles. The molecule has 0 aliphatic rings. The van der Waals surface area contributed by atoms with Crippen molar-refractivity contribution in [3.63, 3.8) is 0 Å². The average Bonchev–Trinajstić information content (AvgIpc) is 2.16. The number of methoxy groups -OCH3 is 1. The van der Waals surface area contributed by atoms with Crippen LogP contribution in [0.5, 0.6) is 5.88 Å². The maximum atomic E-state index is 12.8. The van der Waals surface area contributed by atoms with Crippen LogP contribution in [0.25, 0.3) is 0 Å². The minimum Gasteiger partial charge on any atom is -0.481 e. The molecule has 72 valence electrons. The Morgan fingerprint density at radius 3 is 2.85 bits per heavy atom. The third kappa shape index (κ3) is 2.15. The average molecular weight is 184 g/mol. The zero-order valence-corrected chi connectivity index (χ0v) is 7.97. The van der Waals surface area contributed by atoms with E-state index in [2.05, 4.69) is 10.3 Å². The van der Waals surface area contributed by atoms with Gasteiger partial charge >= 0.3 is 0 Å². The van der Waals surface area contributed by atoms with Crippen LogP contribution < -0.4 is 10.1 Å². The Bertz CT molecular complexity index is 291. The summed E-state index contributed by atoms with van der Waals surface area (Å²) >= 11 is 0. The Kier molecular flexibility index (Phi) is 3.19. The van der Waals surface area contributed by atoms with Crippen molar-refractivity contribution in [2.45, 2.75) is 13.0 Å².